The van der Waals surface area contributed by atoms with Gasteiger partial charge in [0.05, 0.1) is 31.9 Å². The van der Waals surface area contributed by atoms with Crippen LogP contribution in [0.15, 0.2) is 69.9 Å². The molecule has 0 aliphatic heterocycles. The van der Waals surface area contributed by atoms with Gasteiger partial charge in [-0.05, 0) is 61.0 Å². The Balaban J connectivity index is 1.44. The molecule has 0 aliphatic carbocycles. The van der Waals surface area contributed by atoms with Crippen LogP contribution >= 0.6 is 23.2 Å². The number of pyridine rings is 1. The summed E-state index contributed by atoms with van der Waals surface area (Å²) in [7, 11) is 0. The van der Waals surface area contributed by atoms with Crippen LogP contribution in [-0.2, 0) is 0 Å². The first-order valence-corrected chi connectivity index (χ1v) is 11.7. The van der Waals surface area contributed by atoms with E-state index in [4.69, 9.17) is 27.6 Å². The van der Waals surface area contributed by atoms with Gasteiger partial charge in [0.1, 0.15) is 11.6 Å². The van der Waals surface area contributed by atoms with Crippen molar-refractivity contribution in [2.75, 3.05) is 5.32 Å². The second-order valence-corrected chi connectivity index (χ2v) is 9.02. The normalized spacial score (nSPS) is 12.0. The molecule has 3 aromatic carbocycles. The molecule has 7 nitrogen and oxygen atoms in total. The molecule has 0 fully saturated rings. The van der Waals surface area contributed by atoms with Gasteiger partial charge in [0.15, 0.2) is 11.2 Å². The highest BCUT2D eigenvalue weighted by Gasteiger charge is 2.16. The Bertz CT molecular complexity index is 2000. The van der Waals surface area contributed by atoms with Crippen LogP contribution < -0.4 is 16.1 Å². The fraction of sp³-hybridized carbons (Fsp3) is 0.0370. The first kappa shape index (κ1) is 22.1. The Hall–Kier alpha value is -4.38. The molecular formula is C27H15Cl2N5O2. The summed E-state index contributed by atoms with van der Waals surface area (Å²) in [5, 5.41) is 14.2. The maximum atomic E-state index is 13.4. The molecule has 0 saturated carbocycles. The van der Waals surface area contributed by atoms with E-state index in [0.29, 0.717) is 71.3 Å². The number of imidazole rings is 1. The topological polar surface area (TPSA) is 96.2 Å². The number of nitriles is 1. The van der Waals surface area contributed by atoms with Gasteiger partial charge in [-0.25, -0.2) is 9.97 Å². The zero-order valence-corrected chi connectivity index (χ0v) is 20.2. The summed E-state index contributed by atoms with van der Waals surface area (Å²) in [6.07, 6.45) is 1.61. The quantitative estimate of drug-likeness (QED) is 0.326. The Morgan fingerprint density at radius 3 is 2.67 bits per heavy atom. The van der Waals surface area contributed by atoms with E-state index in [1.165, 1.54) is 4.40 Å². The van der Waals surface area contributed by atoms with Gasteiger partial charge in [-0.15, -0.1) is 0 Å². The maximum absolute atomic E-state index is 13.4. The average molecular weight is 512 g/mol. The number of fused-ring (bicyclic) bond motifs is 4. The number of nitrogens with zero attached hydrogens (tertiary/aromatic N) is 4. The molecule has 0 bridgehead atoms. The van der Waals surface area contributed by atoms with Gasteiger partial charge in [-0.1, -0.05) is 35.3 Å². The van der Waals surface area contributed by atoms with E-state index in [9.17, 15) is 10.1 Å². The predicted octanol–water partition coefficient (Wildman–Crippen LogP) is 5.71. The molecular weight excluding hydrogens is 497 g/mol. The smallest absolute Gasteiger partial charge is 0.265 e. The summed E-state index contributed by atoms with van der Waals surface area (Å²) in [6, 6.07) is 20.1. The number of rotatable bonds is 3. The highest BCUT2D eigenvalue weighted by molar-refractivity contribution is 6.42. The number of nitrogens with one attached hydrogen (secondary N) is 1. The first-order valence-electron chi connectivity index (χ1n) is 10.9. The van der Waals surface area contributed by atoms with Crippen LogP contribution in [0, 0.1) is 18.3 Å². The van der Waals surface area contributed by atoms with Crippen molar-refractivity contribution in [3.63, 3.8) is 0 Å². The van der Waals surface area contributed by atoms with Crippen LogP contribution in [0.2, 0.25) is 10.0 Å². The van der Waals surface area contributed by atoms with Gasteiger partial charge in [-0.3, -0.25) is 9.20 Å². The molecule has 3 aromatic heterocycles. The van der Waals surface area contributed by atoms with Crippen molar-refractivity contribution in [1.29, 1.82) is 5.26 Å². The zero-order chi connectivity index (χ0) is 25.0. The predicted molar refractivity (Wildman–Crippen MR) is 141 cm³/mol. The van der Waals surface area contributed by atoms with Gasteiger partial charge in [-0.2, -0.15) is 5.26 Å². The van der Waals surface area contributed by atoms with Crippen LogP contribution in [0.5, 0.6) is 0 Å². The van der Waals surface area contributed by atoms with Crippen LogP contribution in [0.3, 0.4) is 0 Å². The van der Waals surface area contributed by atoms with Gasteiger partial charge >= 0.3 is 0 Å². The maximum Gasteiger partial charge on any atom is 0.265 e. The summed E-state index contributed by atoms with van der Waals surface area (Å²) < 4.78 is 7.35. The van der Waals surface area contributed by atoms with Crippen LogP contribution in [0.1, 0.15) is 11.1 Å². The third-order valence-electron chi connectivity index (χ3n) is 6.05. The van der Waals surface area contributed by atoms with E-state index < -0.39 is 0 Å². The summed E-state index contributed by atoms with van der Waals surface area (Å²) >= 11 is 12.1. The Morgan fingerprint density at radius 2 is 1.86 bits per heavy atom. The van der Waals surface area contributed by atoms with Crippen molar-refractivity contribution in [3.8, 4) is 17.5 Å². The Labute approximate surface area is 213 Å². The molecule has 0 amide bonds. The van der Waals surface area contributed by atoms with E-state index in [2.05, 4.69) is 21.4 Å². The number of benzene rings is 3. The number of hydrogen-bond donors (Lipinski definition) is 1. The van der Waals surface area contributed by atoms with Crippen LogP contribution in [0.4, 0.5) is 5.69 Å². The van der Waals surface area contributed by atoms with E-state index >= 15 is 0 Å². The SMILES string of the molecule is Cc1c(C#N)c2nc3ccccc3n2c(=O)c1=CNc1ccc2oc(-c3ccc(Cl)c(Cl)c3)nc2c1. The van der Waals surface area contributed by atoms with Crippen molar-refractivity contribution in [2.45, 2.75) is 6.92 Å². The molecule has 6 aromatic rings. The zero-order valence-electron chi connectivity index (χ0n) is 18.7. The minimum Gasteiger partial charge on any atom is -0.436 e. The molecule has 0 aliphatic rings. The fourth-order valence-corrected chi connectivity index (χ4v) is 4.51. The molecule has 1 N–H and O–H groups in total. The van der Waals surface area contributed by atoms with Gasteiger partial charge in [0.2, 0.25) is 5.89 Å². The minimum atomic E-state index is -0.257. The monoisotopic (exact) mass is 511 g/mol. The minimum absolute atomic E-state index is 0.257. The van der Waals surface area contributed by atoms with Gasteiger partial charge < -0.3 is 9.73 Å². The molecule has 0 radical (unpaired) electrons. The third kappa shape index (κ3) is 3.47. The van der Waals surface area contributed by atoms with Crippen LogP contribution in [-0.4, -0.2) is 14.4 Å². The lowest BCUT2D eigenvalue weighted by molar-refractivity contribution is 0.620. The summed E-state index contributed by atoms with van der Waals surface area (Å²) in [4.78, 5) is 22.5. The van der Waals surface area contributed by atoms with Crippen molar-refractivity contribution < 1.29 is 4.42 Å². The van der Waals surface area contributed by atoms with Crippen molar-refractivity contribution in [1.82, 2.24) is 14.4 Å². The van der Waals surface area contributed by atoms with Crippen molar-refractivity contribution >= 4 is 62.9 Å². The summed E-state index contributed by atoms with van der Waals surface area (Å²) in [5.41, 5.74) is 4.96. The number of oxazole rings is 1. The molecule has 6 rings (SSSR count). The van der Waals surface area contributed by atoms with Crippen molar-refractivity contribution in [3.05, 3.63) is 97.4 Å². The number of hydrogen-bond acceptors (Lipinski definition) is 6. The van der Waals surface area contributed by atoms with E-state index in [1.54, 1.807) is 37.4 Å². The van der Waals surface area contributed by atoms with Crippen molar-refractivity contribution in [2.24, 2.45) is 0 Å². The van der Waals surface area contributed by atoms with E-state index in [1.807, 2.05) is 36.4 Å². The summed E-state index contributed by atoms with van der Waals surface area (Å²) in [6.45, 7) is 1.75. The molecule has 3 heterocycles. The lowest BCUT2D eigenvalue weighted by Gasteiger charge is -2.04. The number of aromatic nitrogens is 3. The number of anilines is 1. The molecule has 0 unspecified atom stereocenters. The third-order valence-corrected chi connectivity index (χ3v) is 6.79. The second-order valence-electron chi connectivity index (χ2n) is 8.21. The lowest BCUT2D eigenvalue weighted by Crippen LogP contribution is -2.34. The van der Waals surface area contributed by atoms with E-state index in [0.717, 1.165) is 0 Å². The fourth-order valence-electron chi connectivity index (χ4n) is 4.21. The molecule has 36 heavy (non-hydrogen) atoms. The standard InChI is InChI=1S/C27H15Cl2N5O2/c1-14-17(12-30)25-32-21-4-2-3-5-23(21)34(25)27(35)18(14)13-31-16-7-9-24-22(11-16)33-26(36-24)15-6-8-19(28)20(29)10-15/h2-11,13,31H,1H3. The molecule has 0 atom stereocenters. The van der Waals surface area contributed by atoms with E-state index in [-0.39, 0.29) is 5.56 Å². The number of para-hydroxylation sites is 2. The number of halogens is 2. The lowest BCUT2D eigenvalue weighted by atomic mass is 10.1. The molecule has 174 valence electrons. The molecule has 9 heteroatoms. The largest absolute Gasteiger partial charge is 0.436 e. The molecule has 0 saturated heterocycles. The Kier molecular flexibility index (Phi) is 5.15. The average Bonchev–Trinajstić information content (AvgIpc) is 3.47. The first-order chi connectivity index (χ1) is 17.4. The Morgan fingerprint density at radius 1 is 1.03 bits per heavy atom. The second kappa shape index (κ2) is 8.38. The van der Waals surface area contributed by atoms with Crippen LogP contribution in [0.25, 0.3) is 45.4 Å². The molecule has 0 spiro atoms. The van der Waals surface area contributed by atoms with Gasteiger partial charge in [0.25, 0.3) is 5.56 Å². The highest BCUT2D eigenvalue weighted by Crippen LogP contribution is 2.31. The van der Waals surface area contributed by atoms with Gasteiger partial charge in [0, 0.05) is 17.5 Å². The summed E-state index contributed by atoms with van der Waals surface area (Å²) in [5.74, 6) is 0.415. The highest BCUT2D eigenvalue weighted by atomic mass is 35.5.